The Labute approximate surface area is 130 Å². The van der Waals surface area contributed by atoms with Crippen molar-refractivity contribution in [2.45, 2.75) is 6.04 Å². The summed E-state index contributed by atoms with van der Waals surface area (Å²) in [5.74, 6) is 0.672. The van der Waals surface area contributed by atoms with Gasteiger partial charge in [-0.25, -0.2) is 4.98 Å². The minimum absolute atomic E-state index is 0.313. The van der Waals surface area contributed by atoms with Crippen LogP contribution in [0.4, 0.5) is 0 Å². The van der Waals surface area contributed by atoms with Crippen molar-refractivity contribution in [3.63, 3.8) is 0 Å². The highest BCUT2D eigenvalue weighted by atomic mass is 79.9. The van der Waals surface area contributed by atoms with Crippen molar-refractivity contribution in [1.29, 1.82) is 0 Å². The molecule has 0 aliphatic carbocycles. The number of benzene rings is 1. The number of hydrogen-bond donors (Lipinski definition) is 1. The van der Waals surface area contributed by atoms with Gasteiger partial charge >= 0.3 is 0 Å². The summed E-state index contributed by atoms with van der Waals surface area (Å²) in [7, 11) is 3.01. The molecule has 1 aromatic carbocycles. The first kappa shape index (κ1) is 15.0. The maximum atomic E-state index is 6.25. The molecule has 2 N–H and O–H groups in total. The maximum absolute atomic E-state index is 6.25. The van der Waals surface area contributed by atoms with Crippen molar-refractivity contribution in [2.75, 3.05) is 14.2 Å². The highest BCUT2D eigenvalue weighted by molar-refractivity contribution is 9.10. The summed E-state index contributed by atoms with van der Waals surface area (Å²) < 4.78 is 11.0. The van der Waals surface area contributed by atoms with E-state index in [2.05, 4.69) is 25.9 Å². The minimum Gasteiger partial charge on any atom is -0.480 e. The van der Waals surface area contributed by atoms with Crippen molar-refractivity contribution in [3.05, 3.63) is 45.1 Å². The van der Waals surface area contributed by atoms with Gasteiger partial charge in [0, 0.05) is 4.47 Å². The first-order valence-electron chi connectivity index (χ1n) is 5.73. The number of hydrogen-bond acceptors (Lipinski definition) is 5. The standard InChI is InChI=1S/C13H13BrClN3O2/c1-19-9-6-17-12(13(18-9)20-2)11(16)7-4-3-5-8(14)10(7)15/h3-6,11H,16H2,1-2H3. The van der Waals surface area contributed by atoms with E-state index in [1.165, 1.54) is 20.4 Å². The summed E-state index contributed by atoms with van der Waals surface area (Å²) in [5.41, 5.74) is 7.45. The smallest absolute Gasteiger partial charge is 0.240 e. The normalized spacial score (nSPS) is 12.1. The molecule has 20 heavy (non-hydrogen) atoms. The van der Waals surface area contributed by atoms with E-state index in [1.807, 2.05) is 18.2 Å². The van der Waals surface area contributed by atoms with Crippen molar-refractivity contribution in [2.24, 2.45) is 5.73 Å². The highest BCUT2D eigenvalue weighted by Crippen LogP contribution is 2.34. The summed E-state index contributed by atoms with van der Waals surface area (Å²) in [6.07, 6.45) is 1.49. The molecule has 0 aliphatic heterocycles. The largest absolute Gasteiger partial charge is 0.480 e. The Bertz CT molecular complexity index is 625. The first-order chi connectivity index (χ1) is 9.58. The van der Waals surface area contributed by atoms with Crippen molar-refractivity contribution >= 4 is 27.5 Å². The van der Waals surface area contributed by atoms with Gasteiger partial charge in [-0.3, -0.25) is 0 Å². The average Bonchev–Trinajstić information content (AvgIpc) is 2.48. The molecular formula is C13H13BrClN3O2. The monoisotopic (exact) mass is 357 g/mol. The third-order valence-corrected chi connectivity index (χ3v) is 4.07. The molecule has 0 fully saturated rings. The summed E-state index contributed by atoms with van der Waals surface area (Å²) in [6, 6.07) is 4.99. The van der Waals surface area contributed by atoms with Crippen molar-refractivity contribution in [3.8, 4) is 11.8 Å². The Balaban J connectivity index is 2.47. The van der Waals surface area contributed by atoms with Gasteiger partial charge in [0.05, 0.1) is 31.5 Å². The summed E-state index contributed by atoms with van der Waals surface area (Å²) in [4.78, 5) is 8.42. The van der Waals surface area contributed by atoms with E-state index < -0.39 is 6.04 Å². The third kappa shape index (κ3) is 2.87. The lowest BCUT2D eigenvalue weighted by Gasteiger charge is -2.16. The topological polar surface area (TPSA) is 70.3 Å². The first-order valence-corrected chi connectivity index (χ1v) is 6.90. The maximum Gasteiger partial charge on any atom is 0.240 e. The average molecular weight is 359 g/mol. The molecule has 1 atom stereocenters. The van der Waals surface area contributed by atoms with Crippen LogP contribution >= 0.6 is 27.5 Å². The number of methoxy groups -OCH3 is 2. The van der Waals surface area contributed by atoms with E-state index in [-0.39, 0.29) is 0 Å². The van der Waals surface area contributed by atoms with Crippen LogP contribution in [0.15, 0.2) is 28.9 Å². The molecule has 5 nitrogen and oxygen atoms in total. The number of aromatic nitrogens is 2. The molecule has 0 amide bonds. The van der Waals surface area contributed by atoms with E-state index >= 15 is 0 Å². The fourth-order valence-corrected chi connectivity index (χ4v) is 2.36. The second-order valence-electron chi connectivity index (χ2n) is 3.93. The van der Waals surface area contributed by atoms with Gasteiger partial charge in [-0.15, -0.1) is 0 Å². The lowest BCUT2D eigenvalue weighted by molar-refractivity contribution is 0.355. The third-order valence-electron chi connectivity index (χ3n) is 2.76. The molecule has 1 unspecified atom stereocenters. The van der Waals surface area contributed by atoms with Gasteiger partial charge < -0.3 is 15.2 Å². The van der Waals surface area contributed by atoms with Crippen LogP contribution in [0.25, 0.3) is 0 Å². The molecule has 106 valence electrons. The van der Waals surface area contributed by atoms with Gasteiger partial charge in [0.15, 0.2) is 0 Å². The van der Waals surface area contributed by atoms with E-state index in [4.69, 9.17) is 26.8 Å². The summed E-state index contributed by atoms with van der Waals surface area (Å²) >= 11 is 9.62. The lowest BCUT2D eigenvalue weighted by atomic mass is 10.0. The molecule has 2 rings (SSSR count). The van der Waals surface area contributed by atoms with Gasteiger partial charge in [-0.05, 0) is 27.6 Å². The van der Waals surface area contributed by atoms with Crippen LogP contribution < -0.4 is 15.2 Å². The second-order valence-corrected chi connectivity index (χ2v) is 5.16. The van der Waals surface area contributed by atoms with Gasteiger partial charge in [0.1, 0.15) is 5.69 Å². The zero-order valence-electron chi connectivity index (χ0n) is 10.9. The molecule has 0 radical (unpaired) electrons. The Morgan fingerprint density at radius 3 is 2.70 bits per heavy atom. The molecule has 2 aromatic rings. The quantitative estimate of drug-likeness (QED) is 0.910. The van der Waals surface area contributed by atoms with Crippen molar-refractivity contribution in [1.82, 2.24) is 9.97 Å². The van der Waals surface area contributed by atoms with Crippen LogP contribution in [0, 0.1) is 0 Å². The Morgan fingerprint density at radius 1 is 1.30 bits per heavy atom. The van der Waals surface area contributed by atoms with Crippen molar-refractivity contribution < 1.29 is 9.47 Å². The Kier molecular flexibility index (Phi) is 4.80. The zero-order chi connectivity index (χ0) is 14.7. The van der Waals surface area contributed by atoms with Crippen LogP contribution in [-0.2, 0) is 0 Å². The summed E-state index contributed by atoms with van der Waals surface area (Å²) in [6.45, 7) is 0. The number of halogens is 2. The Morgan fingerprint density at radius 2 is 2.05 bits per heavy atom. The van der Waals surface area contributed by atoms with Crippen LogP contribution in [-0.4, -0.2) is 24.2 Å². The molecule has 0 bridgehead atoms. The van der Waals surface area contributed by atoms with E-state index in [0.29, 0.717) is 22.5 Å². The summed E-state index contributed by atoms with van der Waals surface area (Å²) in [5, 5.41) is 0.541. The van der Waals surface area contributed by atoms with Crippen LogP contribution in [0.5, 0.6) is 11.8 Å². The van der Waals surface area contributed by atoms with Gasteiger partial charge in [0.25, 0.3) is 0 Å². The molecule has 0 spiro atoms. The lowest BCUT2D eigenvalue weighted by Crippen LogP contribution is -2.16. The van der Waals surface area contributed by atoms with Crippen LogP contribution in [0.1, 0.15) is 17.3 Å². The molecule has 1 aromatic heterocycles. The fourth-order valence-electron chi connectivity index (χ4n) is 1.74. The number of ether oxygens (including phenoxy) is 2. The number of nitrogens with zero attached hydrogens (tertiary/aromatic N) is 2. The predicted octanol–water partition coefficient (Wildman–Crippen LogP) is 2.96. The van der Waals surface area contributed by atoms with Gasteiger partial charge in [-0.1, -0.05) is 23.7 Å². The molecule has 0 saturated carbocycles. The van der Waals surface area contributed by atoms with Gasteiger partial charge in [-0.2, -0.15) is 4.98 Å². The second kappa shape index (κ2) is 6.39. The SMILES string of the molecule is COc1cnc(C(N)c2cccc(Br)c2Cl)c(OC)n1. The highest BCUT2D eigenvalue weighted by Gasteiger charge is 2.21. The molecule has 7 heteroatoms. The number of rotatable bonds is 4. The molecule has 0 saturated heterocycles. The molecule has 1 heterocycles. The van der Waals surface area contributed by atoms with E-state index in [9.17, 15) is 0 Å². The number of nitrogens with two attached hydrogens (primary N) is 1. The van der Waals surface area contributed by atoms with Crippen LogP contribution in [0.3, 0.4) is 0 Å². The zero-order valence-corrected chi connectivity index (χ0v) is 13.3. The Hall–Kier alpha value is -1.37. The fraction of sp³-hybridized carbons (Fsp3) is 0.231. The molecular weight excluding hydrogens is 346 g/mol. The molecule has 0 aliphatic rings. The van der Waals surface area contributed by atoms with E-state index in [0.717, 1.165) is 10.0 Å². The predicted molar refractivity (Wildman–Crippen MR) is 80.3 cm³/mol. The van der Waals surface area contributed by atoms with E-state index in [1.54, 1.807) is 0 Å². The van der Waals surface area contributed by atoms with Gasteiger partial charge in [0.2, 0.25) is 11.8 Å². The van der Waals surface area contributed by atoms with Crippen LogP contribution in [0.2, 0.25) is 5.02 Å². The minimum atomic E-state index is -0.548.